The molecule has 0 amide bonds. The lowest BCUT2D eigenvalue weighted by atomic mass is 10.1. The lowest BCUT2D eigenvalue weighted by Crippen LogP contribution is -2.00. The van der Waals surface area contributed by atoms with Gasteiger partial charge in [0.1, 0.15) is 0 Å². The highest BCUT2D eigenvalue weighted by Gasteiger charge is 2.17. The van der Waals surface area contributed by atoms with Crippen molar-refractivity contribution in [3.8, 4) is 11.5 Å². The van der Waals surface area contributed by atoms with Crippen LogP contribution in [-0.2, 0) is 0 Å². The minimum absolute atomic E-state index is 0.0272. The van der Waals surface area contributed by atoms with E-state index in [2.05, 4.69) is 0 Å². The molecule has 0 bridgehead atoms. The Labute approximate surface area is 82.1 Å². The number of ether oxygens (including phenoxy) is 2. The van der Waals surface area contributed by atoms with Crippen LogP contribution in [0.2, 0.25) is 0 Å². The molecule has 0 aliphatic heterocycles. The topological polar surface area (TPSA) is 38.7 Å². The molecule has 0 spiro atoms. The number of benzene rings is 1. The van der Waals surface area contributed by atoms with Gasteiger partial charge in [0.15, 0.2) is 11.5 Å². The van der Waals surface area contributed by atoms with Crippen molar-refractivity contribution >= 4 is 0 Å². The molecule has 4 heteroatoms. The third-order valence-electron chi connectivity index (χ3n) is 1.97. The van der Waals surface area contributed by atoms with Crippen LogP contribution < -0.4 is 9.47 Å². The van der Waals surface area contributed by atoms with Gasteiger partial charge in [0.2, 0.25) is 5.82 Å². The van der Waals surface area contributed by atoms with E-state index in [1.54, 1.807) is 13.0 Å². The highest BCUT2D eigenvalue weighted by atomic mass is 19.1. The number of halogens is 1. The summed E-state index contributed by atoms with van der Waals surface area (Å²) in [4.78, 5) is 0. The average Bonchev–Trinajstić information content (AvgIpc) is 2.17. The number of methoxy groups -OCH3 is 2. The van der Waals surface area contributed by atoms with Crippen LogP contribution in [0, 0.1) is 5.82 Å². The number of rotatable bonds is 3. The van der Waals surface area contributed by atoms with Crippen molar-refractivity contribution in [2.75, 3.05) is 14.2 Å². The second-order valence-electron chi connectivity index (χ2n) is 2.88. The van der Waals surface area contributed by atoms with E-state index in [-0.39, 0.29) is 11.5 Å². The first-order valence-corrected chi connectivity index (χ1v) is 4.20. The van der Waals surface area contributed by atoms with E-state index in [1.165, 1.54) is 20.3 Å². The van der Waals surface area contributed by atoms with Crippen LogP contribution in [0.4, 0.5) is 4.39 Å². The molecule has 1 aromatic rings. The zero-order chi connectivity index (χ0) is 10.7. The van der Waals surface area contributed by atoms with Gasteiger partial charge in [0.05, 0.1) is 20.3 Å². The Morgan fingerprint density at radius 1 is 1.29 bits per heavy atom. The minimum atomic E-state index is -0.773. The SMILES string of the molecule is COc1ccc(C(C)O)c(OC)c1F. The van der Waals surface area contributed by atoms with Gasteiger partial charge in [-0.2, -0.15) is 4.39 Å². The third-order valence-corrected chi connectivity index (χ3v) is 1.97. The zero-order valence-corrected chi connectivity index (χ0v) is 8.37. The molecule has 0 aliphatic rings. The van der Waals surface area contributed by atoms with Gasteiger partial charge in [-0.3, -0.25) is 0 Å². The van der Waals surface area contributed by atoms with E-state index in [0.717, 1.165) is 0 Å². The molecule has 0 fully saturated rings. The number of hydrogen-bond acceptors (Lipinski definition) is 3. The summed E-state index contributed by atoms with van der Waals surface area (Å²) < 4.78 is 23.2. The van der Waals surface area contributed by atoms with Crippen LogP contribution in [0.15, 0.2) is 12.1 Å². The predicted molar refractivity (Wildman–Crippen MR) is 50.1 cm³/mol. The summed E-state index contributed by atoms with van der Waals surface area (Å²) >= 11 is 0. The molecular weight excluding hydrogens is 187 g/mol. The Morgan fingerprint density at radius 3 is 2.36 bits per heavy atom. The lowest BCUT2D eigenvalue weighted by Gasteiger charge is -2.13. The molecule has 14 heavy (non-hydrogen) atoms. The second kappa shape index (κ2) is 4.28. The van der Waals surface area contributed by atoms with Crippen molar-refractivity contribution in [2.45, 2.75) is 13.0 Å². The van der Waals surface area contributed by atoms with Crippen molar-refractivity contribution in [1.29, 1.82) is 0 Å². The summed E-state index contributed by atoms with van der Waals surface area (Å²) in [6.45, 7) is 1.55. The maximum atomic E-state index is 13.5. The van der Waals surface area contributed by atoms with Gasteiger partial charge in [-0.15, -0.1) is 0 Å². The summed E-state index contributed by atoms with van der Waals surface area (Å²) in [7, 11) is 2.73. The maximum absolute atomic E-state index is 13.5. The summed E-state index contributed by atoms with van der Waals surface area (Å²) in [5, 5.41) is 9.34. The molecule has 0 aromatic heterocycles. The van der Waals surface area contributed by atoms with Crippen molar-refractivity contribution in [3.05, 3.63) is 23.5 Å². The molecule has 3 nitrogen and oxygen atoms in total. The normalized spacial score (nSPS) is 12.4. The average molecular weight is 200 g/mol. The van der Waals surface area contributed by atoms with E-state index >= 15 is 0 Å². The highest BCUT2D eigenvalue weighted by molar-refractivity contribution is 5.43. The molecule has 1 aromatic carbocycles. The molecule has 78 valence electrons. The number of aliphatic hydroxyl groups is 1. The molecule has 0 radical (unpaired) electrons. The maximum Gasteiger partial charge on any atom is 0.207 e. The predicted octanol–water partition coefficient (Wildman–Crippen LogP) is 1.90. The molecule has 0 heterocycles. The smallest absolute Gasteiger partial charge is 0.207 e. The van der Waals surface area contributed by atoms with Gasteiger partial charge in [0, 0.05) is 5.56 Å². The van der Waals surface area contributed by atoms with Crippen molar-refractivity contribution < 1.29 is 19.0 Å². The molecule has 1 rings (SSSR count). The fraction of sp³-hybridized carbons (Fsp3) is 0.400. The van der Waals surface area contributed by atoms with E-state index in [4.69, 9.17) is 9.47 Å². The monoisotopic (exact) mass is 200 g/mol. The second-order valence-corrected chi connectivity index (χ2v) is 2.88. The molecule has 0 saturated heterocycles. The Bertz CT molecular complexity index is 323. The number of hydrogen-bond donors (Lipinski definition) is 1. The summed E-state index contributed by atoms with van der Waals surface area (Å²) in [6.07, 6.45) is -0.773. The van der Waals surface area contributed by atoms with Gasteiger partial charge >= 0.3 is 0 Å². The Morgan fingerprint density at radius 2 is 1.93 bits per heavy atom. The fourth-order valence-electron chi connectivity index (χ4n) is 1.25. The summed E-state index contributed by atoms with van der Waals surface area (Å²) in [6, 6.07) is 3.03. The van der Waals surface area contributed by atoms with Crippen LogP contribution in [-0.4, -0.2) is 19.3 Å². The molecule has 0 saturated carbocycles. The highest BCUT2D eigenvalue weighted by Crippen LogP contribution is 2.33. The van der Waals surface area contributed by atoms with Crippen LogP contribution in [0.25, 0.3) is 0 Å². The van der Waals surface area contributed by atoms with Gasteiger partial charge in [-0.1, -0.05) is 0 Å². The van der Waals surface area contributed by atoms with Crippen LogP contribution in [0.5, 0.6) is 11.5 Å². The first-order valence-electron chi connectivity index (χ1n) is 4.20. The largest absolute Gasteiger partial charge is 0.494 e. The standard InChI is InChI=1S/C10H13FO3/c1-6(12)7-4-5-8(13-2)9(11)10(7)14-3/h4-6,12H,1-3H3. The van der Waals surface area contributed by atoms with Gasteiger partial charge < -0.3 is 14.6 Å². The van der Waals surface area contributed by atoms with E-state index in [9.17, 15) is 9.50 Å². The molecule has 1 unspecified atom stereocenters. The van der Waals surface area contributed by atoms with Gasteiger partial charge in [-0.25, -0.2) is 0 Å². The third kappa shape index (κ3) is 1.80. The zero-order valence-electron chi connectivity index (χ0n) is 8.37. The molecule has 0 aliphatic carbocycles. The first kappa shape index (κ1) is 10.8. The molecule has 1 atom stereocenters. The van der Waals surface area contributed by atoms with Gasteiger partial charge in [0.25, 0.3) is 0 Å². The van der Waals surface area contributed by atoms with Crippen molar-refractivity contribution in [3.63, 3.8) is 0 Å². The summed E-state index contributed by atoms with van der Waals surface area (Å²) in [5.74, 6) is -0.459. The van der Waals surface area contributed by atoms with E-state index in [1.807, 2.05) is 0 Å². The first-order chi connectivity index (χ1) is 6.61. The van der Waals surface area contributed by atoms with Crippen molar-refractivity contribution in [2.24, 2.45) is 0 Å². The van der Waals surface area contributed by atoms with Gasteiger partial charge in [-0.05, 0) is 19.1 Å². The fourth-order valence-corrected chi connectivity index (χ4v) is 1.25. The van der Waals surface area contributed by atoms with E-state index in [0.29, 0.717) is 5.56 Å². The Hall–Kier alpha value is -1.29. The Balaban J connectivity index is 3.28. The minimum Gasteiger partial charge on any atom is -0.494 e. The van der Waals surface area contributed by atoms with E-state index < -0.39 is 11.9 Å². The van der Waals surface area contributed by atoms with Crippen LogP contribution >= 0.6 is 0 Å². The van der Waals surface area contributed by atoms with Crippen molar-refractivity contribution in [1.82, 2.24) is 0 Å². The molecule has 1 N–H and O–H groups in total. The van der Waals surface area contributed by atoms with Crippen LogP contribution in [0.1, 0.15) is 18.6 Å². The Kier molecular flexibility index (Phi) is 3.30. The summed E-state index contributed by atoms with van der Waals surface area (Å²) in [5.41, 5.74) is 0.408. The number of aliphatic hydroxyl groups excluding tert-OH is 1. The lowest BCUT2D eigenvalue weighted by molar-refractivity contribution is 0.192. The quantitative estimate of drug-likeness (QED) is 0.809. The van der Waals surface area contributed by atoms with Crippen LogP contribution in [0.3, 0.4) is 0 Å². The molecular formula is C10H13FO3.